The monoisotopic (exact) mass is 366 g/mol. The lowest BCUT2D eigenvalue weighted by atomic mass is 9.97. The number of rotatable bonds is 4. The Kier molecular flexibility index (Phi) is 4.79. The number of imidazole rings is 1. The van der Waals surface area contributed by atoms with Crippen LogP contribution in [-0.4, -0.2) is 28.5 Å². The molecule has 1 atom stereocenters. The molecule has 1 fully saturated rings. The Morgan fingerprint density at radius 3 is 2.81 bits per heavy atom. The number of amides is 1. The van der Waals surface area contributed by atoms with Crippen molar-refractivity contribution in [2.24, 2.45) is 13.0 Å². The Hall–Kier alpha value is -2.89. The van der Waals surface area contributed by atoms with Crippen LogP contribution in [0.5, 0.6) is 0 Å². The third kappa shape index (κ3) is 3.52. The van der Waals surface area contributed by atoms with Gasteiger partial charge in [0.05, 0.1) is 17.0 Å². The molecule has 6 heteroatoms. The van der Waals surface area contributed by atoms with E-state index < -0.39 is 0 Å². The molecule has 0 aliphatic carbocycles. The zero-order valence-electron chi connectivity index (χ0n) is 15.4. The van der Waals surface area contributed by atoms with Gasteiger partial charge in [-0.2, -0.15) is 0 Å². The number of halogens is 1. The van der Waals surface area contributed by atoms with E-state index in [4.69, 9.17) is 4.98 Å². The van der Waals surface area contributed by atoms with Crippen molar-refractivity contribution in [2.45, 2.75) is 19.4 Å². The van der Waals surface area contributed by atoms with Gasteiger partial charge in [0, 0.05) is 32.2 Å². The predicted molar refractivity (Wildman–Crippen MR) is 104 cm³/mol. The number of carbonyl (C=O) groups is 1. The van der Waals surface area contributed by atoms with Crippen LogP contribution >= 0.6 is 0 Å². The molecule has 1 saturated heterocycles. The molecule has 1 aliphatic rings. The van der Waals surface area contributed by atoms with Gasteiger partial charge in [-0.1, -0.05) is 30.3 Å². The number of fused-ring (bicyclic) bond motifs is 1. The van der Waals surface area contributed by atoms with Crippen molar-refractivity contribution < 1.29 is 9.18 Å². The Labute approximate surface area is 157 Å². The minimum Gasteiger partial charge on any atom is -0.352 e. The molecule has 27 heavy (non-hydrogen) atoms. The molecule has 1 amide bonds. The molecule has 1 aromatic heterocycles. The fourth-order valence-corrected chi connectivity index (χ4v) is 3.76. The zero-order valence-corrected chi connectivity index (χ0v) is 15.4. The molecule has 2 aromatic carbocycles. The number of benzene rings is 2. The summed E-state index contributed by atoms with van der Waals surface area (Å²) in [6.45, 7) is 1.73. The van der Waals surface area contributed by atoms with E-state index in [0.717, 1.165) is 36.4 Å². The van der Waals surface area contributed by atoms with Crippen LogP contribution < -0.4 is 10.2 Å². The van der Waals surface area contributed by atoms with Crippen LogP contribution in [0.4, 0.5) is 10.3 Å². The third-order valence-corrected chi connectivity index (χ3v) is 5.25. The SMILES string of the molecule is Cn1c(N2CCC[C@H](C(=O)NCc3ccccc3F)C2)nc2ccccc21. The lowest BCUT2D eigenvalue weighted by Gasteiger charge is -2.32. The minimum absolute atomic E-state index is 0.0262. The van der Waals surface area contributed by atoms with E-state index in [1.807, 2.05) is 31.3 Å². The smallest absolute Gasteiger partial charge is 0.225 e. The van der Waals surface area contributed by atoms with Crippen molar-refractivity contribution in [1.29, 1.82) is 0 Å². The van der Waals surface area contributed by atoms with Crippen LogP contribution in [0.1, 0.15) is 18.4 Å². The summed E-state index contributed by atoms with van der Waals surface area (Å²) in [5, 5.41) is 2.89. The summed E-state index contributed by atoms with van der Waals surface area (Å²) in [6, 6.07) is 14.6. The van der Waals surface area contributed by atoms with Gasteiger partial charge >= 0.3 is 0 Å². The summed E-state index contributed by atoms with van der Waals surface area (Å²) in [7, 11) is 2.01. The molecule has 0 bridgehead atoms. The first-order valence-corrected chi connectivity index (χ1v) is 9.31. The third-order valence-electron chi connectivity index (χ3n) is 5.25. The second-order valence-corrected chi connectivity index (χ2v) is 7.05. The van der Waals surface area contributed by atoms with E-state index in [0.29, 0.717) is 12.1 Å². The van der Waals surface area contributed by atoms with Crippen molar-refractivity contribution in [3.05, 3.63) is 59.9 Å². The number of nitrogens with zero attached hydrogens (tertiary/aromatic N) is 3. The van der Waals surface area contributed by atoms with Gasteiger partial charge in [-0.3, -0.25) is 4.79 Å². The second kappa shape index (κ2) is 7.39. The highest BCUT2D eigenvalue weighted by molar-refractivity contribution is 5.81. The van der Waals surface area contributed by atoms with Crippen molar-refractivity contribution in [3.63, 3.8) is 0 Å². The number of anilines is 1. The normalized spacial score (nSPS) is 17.3. The maximum Gasteiger partial charge on any atom is 0.225 e. The highest BCUT2D eigenvalue weighted by Crippen LogP contribution is 2.26. The number of para-hydroxylation sites is 2. The molecular weight excluding hydrogens is 343 g/mol. The van der Waals surface area contributed by atoms with E-state index in [1.54, 1.807) is 18.2 Å². The highest BCUT2D eigenvalue weighted by atomic mass is 19.1. The number of hydrogen-bond donors (Lipinski definition) is 1. The Balaban J connectivity index is 1.45. The lowest BCUT2D eigenvalue weighted by molar-refractivity contribution is -0.125. The van der Waals surface area contributed by atoms with Gasteiger partial charge in [-0.25, -0.2) is 9.37 Å². The van der Waals surface area contributed by atoms with Crippen LogP contribution in [0.25, 0.3) is 11.0 Å². The van der Waals surface area contributed by atoms with Crippen LogP contribution in [0.2, 0.25) is 0 Å². The molecule has 2 heterocycles. The standard InChI is InChI=1S/C21H23FN4O/c1-25-19-11-5-4-10-18(19)24-21(25)26-12-6-8-16(14-26)20(27)23-13-15-7-2-3-9-17(15)22/h2-5,7,9-11,16H,6,8,12-14H2,1H3,(H,23,27)/t16-/m0/s1. The molecular formula is C21H23FN4O. The fraction of sp³-hybridized carbons (Fsp3) is 0.333. The quantitative estimate of drug-likeness (QED) is 0.771. The maximum atomic E-state index is 13.7. The minimum atomic E-state index is -0.289. The van der Waals surface area contributed by atoms with Gasteiger partial charge in [0.15, 0.2) is 0 Å². The van der Waals surface area contributed by atoms with Gasteiger partial charge in [0.2, 0.25) is 11.9 Å². The summed E-state index contributed by atoms with van der Waals surface area (Å²) >= 11 is 0. The molecule has 0 radical (unpaired) electrons. The average Bonchev–Trinajstić information content (AvgIpc) is 3.04. The molecule has 140 valence electrons. The fourth-order valence-electron chi connectivity index (χ4n) is 3.76. The molecule has 5 nitrogen and oxygen atoms in total. The molecule has 4 rings (SSSR count). The van der Waals surface area contributed by atoms with Crippen molar-refractivity contribution in [3.8, 4) is 0 Å². The first-order chi connectivity index (χ1) is 13.1. The summed E-state index contributed by atoms with van der Waals surface area (Å²) in [6.07, 6.45) is 1.77. The Morgan fingerprint density at radius 2 is 2.00 bits per heavy atom. The molecule has 1 N–H and O–H groups in total. The topological polar surface area (TPSA) is 50.2 Å². The largest absolute Gasteiger partial charge is 0.352 e. The van der Waals surface area contributed by atoms with E-state index in [9.17, 15) is 9.18 Å². The van der Waals surface area contributed by atoms with Crippen LogP contribution in [0, 0.1) is 11.7 Å². The number of nitrogens with one attached hydrogen (secondary N) is 1. The van der Waals surface area contributed by atoms with Gasteiger partial charge in [0.1, 0.15) is 5.82 Å². The summed E-state index contributed by atoms with van der Waals surface area (Å²) in [5.74, 6) is 0.456. The Morgan fingerprint density at radius 1 is 1.22 bits per heavy atom. The van der Waals surface area contributed by atoms with Crippen molar-refractivity contribution >= 4 is 22.9 Å². The van der Waals surface area contributed by atoms with Gasteiger partial charge < -0.3 is 14.8 Å². The lowest BCUT2D eigenvalue weighted by Crippen LogP contribution is -2.43. The van der Waals surface area contributed by atoms with E-state index in [1.165, 1.54) is 6.07 Å². The zero-order chi connectivity index (χ0) is 18.8. The number of piperidine rings is 1. The maximum absolute atomic E-state index is 13.7. The molecule has 0 saturated carbocycles. The van der Waals surface area contributed by atoms with Crippen molar-refractivity contribution in [2.75, 3.05) is 18.0 Å². The summed E-state index contributed by atoms with van der Waals surface area (Å²) in [5.41, 5.74) is 2.55. The number of aromatic nitrogens is 2. The first-order valence-electron chi connectivity index (χ1n) is 9.31. The number of hydrogen-bond acceptors (Lipinski definition) is 3. The van der Waals surface area contributed by atoms with E-state index in [2.05, 4.69) is 14.8 Å². The average molecular weight is 366 g/mol. The Bertz CT molecular complexity index is 968. The first kappa shape index (κ1) is 17.5. The van der Waals surface area contributed by atoms with E-state index in [-0.39, 0.29) is 24.2 Å². The highest BCUT2D eigenvalue weighted by Gasteiger charge is 2.28. The van der Waals surface area contributed by atoms with Gasteiger partial charge in [-0.15, -0.1) is 0 Å². The second-order valence-electron chi connectivity index (χ2n) is 7.05. The van der Waals surface area contributed by atoms with E-state index >= 15 is 0 Å². The van der Waals surface area contributed by atoms with Crippen molar-refractivity contribution in [1.82, 2.24) is 14.9 Å². The van der Waals surface area contributed by atoms with Crippen LogP contribution in [0.15, 0.2) is 48.5 Å². The van der Waals surface area contributed by atoms with Gasteiger partial charge in [-0.05, 0) is 31.0 Å². The molecule has 1 aliphatic heterocycles. The predicted octanol–water partition coefficient (Wildman–Crippen LogP) is 3.25. The molecule has 0 spiro atoms. The number of carbonyl (C=O) groups excluding carboxylic acids is 1. The molecule has 0 unspecified atom stereocenters. The number of aryl methyl sites for hydroxylation is 1. The summed E-state index contributed by atoms with van der Waals surface area (Å²) in [4.78, 5) is 19.5. The summed E-state index contributed by atoms with van der Waals surface area (Å²) < 4.78 is 15.8. The van der Waals surface area contributed by atoms with Crippen LogP contribution in [0.3, 0.4) is 0 Å². The van der Waals surface area contributed by atoms with Gasteiger partial charge in [0.25, 0.3) is 0 Å². The van der Waals surface area contributed by atoms with Crippen LogP contribution in [-0.2, 0) is 18.4 Å². The molecule has 3 aromatic rings.